The van der Waals surface area contributed by atoms with Crippen LogP contribution in [0.1, 0.15) is 12.1 Å². The van der Waals surface area contributed by atoms with Crippen LogP contribution in [0, 0.1) is 0 Å². The van der Waals surface area contributed by atoms with Crippen LogP contribution in [0.25, 0.3) is 22.2 Å². The molecular formula is C26H29ClN6O4S. The molecule has 10 nitrogen and oxygen atoms in total. The number of fused-ring (bicyclic) bond motifs is 1. The number of halogens is 1. The van der Waals surface area contributed by atoms with Gasteiger partial charge in [0, 0.05) is 47.9 Å². The number of morpholine rings is 1. The predicted molar refractivity (Wildman–Crippen MR) is 149 cm³/mol. The lowest BCUT2D eigenvalue weighted by molar-refractivity contribution is 0.122. The third-order valence-electron chi connectivity index (χ3n) is 6.20. The van der Waals surface area contributed by atoms with Crippen molar-refractivity contribution in [1.29, 1.82) is 0 Å². The molecule has 0 unspecified atom stereocenters. The van der Waals surface area contributed by atoms with Gasteiger partial charge < -0.3 is 15.0 Å². The highest BCUT2D eigenvalue weighted by molar-refractivity contribution is 7.85. The van der Waals surface area contributed by atoms with Crippen LogP contribution in [0.5, 0.6) is 0 Å². The predicted octanol–water partition coefficient (Wildman–Crippen LogP) is 4.17. The first-order valence-electron chi connectivity index (χ1n) is 12.3. The van der Waals surface area contributed by atoms with E-state index < -0.39 is 10.1 Å². The van der Waals surface area contributed by atoms with Crippen LogP contribution in [0.3, 0.4) is 0 Å². The zero-order chi connectivity index (χ0) is 26.7. The second-order valence-corrected chi connectivity index (χ2v) is 11.2. The van der Waals surface area contributed by atoms with Crippen molar-refractivity contribution in [2.24, 2.45) is 7.05 Å². The summed E-state index contributed by atoms with van der Waals surface area (Å²) < 4.78 is 34.7. The second kappa shape index (κ2) is 11.2. The Labute approximate surface area is 226 Å². The molecule has 1 N–H and O–H groups in total. The van der Waals surface area contributed by atoms with Gasteiger partial charge in [0.05, 0.1) is 43.0 Å². The Kier molecular flexibility index (Phi) is 7.80. The summed E-state index contributed by atoms with van der Waals surface area (Å²) in [7, 11) is -1.55. The fourth-order valence-corrected chi connectivity index (χ4v) is 4.91. The lowest BCUT2D eigenvalue weighted by atomic mass is 10.1. The first kappa shape index (κ1) is 26.4. The molecule has 1 aliphatic heterocycles. The molecule has 0 amide bonds. The van der Waals surface area contributed by atoms with Crippen molar-refractivity contribution < 1.29 is 17.3 Å². The van der Waals surface area contributed by atoms with Gasteiger partial charge in [-0.3, -0.25) is 8.86 Å². The molecule has 0 atom stereocenters. The normalized spacial score (nSPS) is 14.2. The summed E-state index contributed by atoms with van der Waals surface area (Å²) in [6, 6.07) is 15.5. The standard InChI is InChI=1S/C26H29ClN6O4S/c1-32-24-16-18(5-10-21(24)22(31-32)4-3-13-37-38(2,34)35)23-17-25(28-20-8-6-19(27)7-9-20)30-26(29-23)33-11-14-36-15-12-33/h5-10,16-17H,3-4,11-15H2,1-2H3,(H,28,29,30). The van der Waals surface area contributed by atoms with E-state index in [-0.39, 0.29) is 6.61 Å². The molecule has 0 saturated carbocycles. The van der Waals surface area contributed by atoms with Gasteiger partial charge in [-0.1, -0.05) is 23.7 Å². The van der Waals surface area contributed by atoms with E-state index in [4.69, 9.17) is 30.5 Å². The highest BCUT2D eigenvalue weighted by Gasteiger charge is 2.18. The van der Waals surface area contributed by atoms with E-state index in [2.05, 4.69) is 21.4 Å². The van der Waals surface area contributed by atoms with E-state index in [1.54, 1.807) is 0 Å². The monoisotopic (exact) mass is 556 g/mol. The first-order valence-corrected chi connectivity index (χ1v) is 14.5. The summed E-state index contributed by atoms with van der Waals surface area (Å²) in [4.78, 5) is 11.8. The zero-order valence-corrected chi connectivity index (χ0v) is 22.8. The summed E-state index contributed by atoms with van der Waals surface area (Å²) in [6.45, 7) is 2.83. The van der Waals surface area contributed by atoms with Crippen LogP contribution in [-0.2, 0) is 32.5 Å². The van der Waals surface area contributed by atoms with Gasteiger partial charge in [-0.15, -0.1) is 0 Å². The average molecular weight is 557 g/mol. The Morgan fingerprint density at radius 3 is 2.58 bits per heavy atom. The Hall–Kier alpha value is -3.25. The number of aryl methyl sites for hydroxylation is 2. The van der Waals surface area contributed by atoms with Crippen molar-refractivity contribution in [2.75, 3.05) is 49.4 Å². The molecule has 3 heterocycles. The largest absolute Gasteiger partial charge is 0.378 e. The highest BCUT2D eigenvalue weighted by atomic mass is 35.5. The van der Waals surface area contributed by atoms with Crippen molar-refractivity contribution in [3.8, 4) is 11.3 Å². The van der Waals surface area contributed by atoms with Crippen LogP contribution in [0.15, 0.2) is 48.5 Å². The van der Waals surface area contributed by atoms with Gasteiger partial charge in [0.2, 0.25) is 5.95 Å². The number of hydrogen-bond donors (Lipinski definition) is 1. The maximum Gasteiger partial charge on any atom is 0.264 e. The molecule has 2 aromatic carbocycles. The van der Waals surface area contributed by atoms with Crippen molar-refractivity contribution in [1.82, 2.24) is 19.7 Å². The molecule has 1 aliphatic rings. The van der Waals surface area contributed by atoms with Crippen molar-refractivity contribution >= 4 is 50.1 Å². The van der Waals surface area contributed by atoms with Gasteiger partial charge in [-0.2, -0.15) is 18.5 Å². The maximum atomic E-state index is 11.2. The Bertz CT molecular complexity index is 1540. The number of hydrogen-bond acceptors (Lipinski definition) is 9. The van der Waals surface area contributed by atoms with Gasteiger partial charge in [0.15, 0.2) is 0 Å². The van der Waals surface area contributed by atoms with E-state index in [0.717, 1.165) is 52.9 Å². The van der Waals surface area contributed by atoms with Crippen molar-refractivity contribution in [2.45, 2.75) is 12.8 Å². The summed E-state index contributed by atoms with van der Waals surface area (Å²) in [6.07, 6.45) is 2.21. The number of anilines is 3. The third kappa shape index (κ3) is 6.41. The lowest BCUT2D eigenvalue weighted by Gasteiger charge is -2.27. The number of aromatic nitrogens is 4. The summed E-state index contributed by atoms with van der Waals surface area (Å²) in [5.41, 5.74) is 4.44. The fraction of sp³-hybridized carbons (Fsp3) is 0.346. The summed E-state index contributed by atoms with van der Waals surface area (Å²) >= 11 is 6.05. The number of nitrogens with zero attached hydrogens (tertiary/aromatic N) is 5. The second-order valence-electron chi connectivity index (χ2n) is 9.10. The Morgan fingerprint density at radius 1 is 1.08 bits per heavy atom. The molecule has 200 valence electrons. The molecular weight excluding hydrogens is 528 g/mol. The molecule has 1 fully saturated rings. The molecule has 38 heavy (non-hydrogen) atoms. The average Bonchev–Trinajstić information content (AvgIpc) is 3.22. The van der Waals surface area contributed by atoms with Crippen LogP contribution in [-0.4, -0.2) is 67.3 Å². The molecule has 1 saturated heterocycles. The molecule has 0 bridgehead atoms. The minimum atomic E-state index is -3.45. The van der Waals surface area contributed by atoms with Crippen LogP contribution >= 0.6 is 11.6 Å². The SMILES string of the molecule is Cn1nc(CCCOS(C)(=O)=O)c2ccc(-c3cc(Nc4ccc(Cl)cc4)nc(N4CCOCC4)n3)cc21. The molecule has 0 radical (unpaired) electrons. The lowest BCUT2D eigenvalue weighted by Crippen LogP contribution is -2.37. The van der Waals surface area contributed by atoms with Gasteiger partial charge in [-0.05, 0) is 43.2 Å². The molecule has 2 aromatic heterocycles. The van der Waals surface area contributed by atoms with Gasteiger partial charge >= 0.3 is 0 Å². The van der Waals surface area contributed by atoms with E-state index in [9.17, 15) is 8.42 Å². The van der Waals surface area contributed by atoms with Crippen molar-refractivity contribution in [3.63, 3.8) is 0 Å². The molecule has 5 rings (SSSR count). The first-order chi connectivity index (χ1) is 18.2. The number of nitrogens with one attached hydrogen (secondary N) is 1. The van der Waals surface area contributed by atoms with E-state index in [1.165, 1.54) is 0 Å². The molecule has 4 aromatic rings. The number of benzene rings is 2. The highest BCUT2D eigenvalue weighted by Crippen LogP contribution is 2.29. The van der Waals surface area contributed by atoms with Crippen LogP contribution < -0.4 is 10.2 Å². The smallest absolute Gasteiger partial charge is 0.264 e. The van der Waals surface area contributed by atoms with E-state index >= 15 is 0 Å². The molecule has 0 spiro atoms. The maximum absolute atomic E-state index is 11.2. The third-order valence-corrected chi connectivity index (χ3v) is 7.05. The minimum Gasteiger partial charge on any atom is -0.378 e. The van der Waals surface area contributed by atoms with Gasteiger partial charge in [0.25, 0.3) is 10.1 Å². The Balaban J connectivity index is 1.45. The van der Waals surface area contributed by atoms with Crippen LogP contribution in [0.4, 0.5) is 17.5 Å². The van der Waals surface area contributed by atoms with Gasteiger partial charge in [0.1, 0.15) is 5.82 Å². The van der Waals surface area contributed by atoms with E-state index in [1.807, 2.05) is 54.2 Å². The summed E-state index contributed by atoms with van der Waals surface area (Å²) in [5, 5.41) is 9.71. The zero-order valence-electron chi connectivity index (χ0n) is 21.2. The molecule has 0 aliphatic carbocycles. The fourth-order valence-electron chi connectivity index (χ4n) is 4.36. The number of rotatable bonds is 9. The topological polar surface area (TPSA) is 111 Å². The quantitative estimate of drug-likeness (QED) is 0.240. The Morgan fingerprint density at radius 2 is 1.84 bits per heavy atom. The molecule has 12 heteroatoms. The van der Waals surface area contributed by atoms with E-state index in [0.29, 0.717) is 42.8 Å². The van der Waals surface area contributed by atoms with Crippen LogP contribution in [0.2, 0.25) is 5.02 Å². The summed E-state index contributed by atoms with van der Waals surface area (Å²) in [5.74, 6) is 1.31. The number of ether oxygens (including phenoxy) is 1. The van der Waals surface area contributed by atoms with Gasteiger partial charge in [-0.25, -0.2) is 4.98 Å². The van der Waals surface area contributed by atoms with Crippen molar-refractivity contribution in [3.05, 3.63) is 59.2 Å². The minimum absolute atomic E-state index is 0.129.